The van der Waals surface area contributed by atoms with Crippen LogP contribution in [0.15, 0.2) is 30.6 Å². The van der Waals surface area contributed by atoms with E-state index in [1.807, 2.05) is 11.8 Å². The van der Waals surface area contributed by atoms with E-state index in [0.717, 1.165) is 0 Å². The number of carbonyl (C=O) groups excluding carboxylic acids is 1. The molecule has 1 heterocycles. The Morgan fingerprint density at radius 2 is 2.16 bits per heavy atom. The molecular weight excluding hydrogens is 322 g/mol. The summed E-state index contributed by atoms with van der Waals surface area (Å²) in [5, 5.41) is 12.3. The van der Waals surface area contributed by atoms with Crippen LogP contribution in [0.2, 0.25) is 0 Å². The van der Waals surface area contributed by atoms with E-state index in [2.05, 4.69) is 15.3 Å². The molecule has 25 heavy (non-hydrogen) atoms. The zero-order chi connectivity index (χ0) is 18.2. The molecule has 0 atom stereocenters. The van der Waals surface area contributed by atoms with Crippen LogP contribution in [-0.4, -0.2) is 47.3 Å². The highest BCUT2D eigenvalue weighted by molar-refractivity contribution is 5.91. The van der Waals surface area contributed by atoms with Gasteiger partial charge in [0.05, 0.1) is 18.8 Å². The van der Waals surface area contributed by atoms with E-state index in [4.69, 9.17) is 15.6 Å². The number of esters is 1. The maximum absolute atomic E-state index is 11.8. The minimum Gasteiger partial charge on any atom is -0.462 e. The lowest BCUT2D eigenvalue weighted by Gasteiger charge is -2.23. The van der Waals surface area contributed by atoms with Gasteiger partial charge < -0.3 is 25.8 Å². The topological polar surface area (TPSA) is 114 Å². The summed E-state index contributed by atoms with van der Waals surface area (Å²) in [5.74, 6) is 0.598. The summed E-state index contributed by atoms with van der Waals surface area (Å²) in [6.07, 6.45) is 1.41. The van der Waals surface area contributed by atoms with E-state index >= 15 is 0 Å². The van der Waals surface area contributed by atoms with Gasteiger partial charge in [-0.05, 0) is 32.0 Å². The van der Waals surface area contributed by atoms with Crippen LogP contribution < -0.4 is 16.0 Å². The summed E-state index contributed by atoms with van der Waals surface area (Å²) in [6, 6.07) is 6.90. The fourth-order valence-corrected chi connectivity index (χ4v) is 2.35. The molecule has 1 aromatic carbocycles. The monoisotopic (exact) mass is 345 g/mol. The predicted octanol–water partition coefficient (Wildman–Crippen LogP) is 1.80. The van der Waals surface area contributed by atoms with E-state index in [-0.39, 0.29) is 12.6 Å². The molecule has 0 aliphatic rings. The molecule has 0 unspecified atom stereocenters. The smallest absolute Gasteiger partial charge is 0.338 e. The van der Waals surface area contributed by atoms with Crippen molar-refractivity contribution < 1.29 is 14.6 Å². The van der Waals surface area contributed by atoms with Crippen molar-refractivity contribution in [3.05, 3.63) is 36.2 Å². The number of aliphatic hydroxyl groups is 1. The van der Waals surface area contributed by atoms with Gasteiger partial charge in [-0.25, -0.2) is 14.8 Å². The van der Waals surface area contributed by atoms with Crippen molar-refractivity contribution in [3.8, 4) is 0 Å². The van der Waals surface area contributed by atoms with Crippen LogP contribution in [0.3, 0.4) is 0 Å². The van der Waals surface area contributed by atoms with Crippen molar-refractivity contribution in [2.75, 3.05) is 42.3 Å². The molecule has 0 bridgehead atoms. The number of ether oxygens (including phenoxy) is 1. The molecule has 8 heteroatoms. The minimum absolute atomic E-state index is 0.00162. The van der Waals surface area contributed by atoms with E-state index in [1.165, 1.54) is 6.33 Å². The molecule has 0 fully saturated rings. The summed E-state index contributed by atoms with van der Waals surface area (Å²) in [7, 11) is 0. The number of anilines is 4. The molecule has 0 aliphatic carbocycles. The van der Waals surface area contributed by atoms with Crippen LogP contribution in [0, 0.1) is 0 Å². The first-order chi connectivity index (χ1) is 12.1. The molecule has 134 valence electrons. The molecule has 4 N–H and O–H groups in total. The molecule has 0 radical (unpaired) electrons. The zero-order valence-corrected chi connectivity index (χ0v) is 14.4. The number of hydrogen-bond acceptors (Lipinski definition) is 8. The average Bonchev–Trinajstić information content (AvgIpc) is 2.62. The molecule has 0 aliphatic heterocycles. The van der Waals surface area contributed by atoms with E-state index in [0.29, 0.717) is 48.3 Å². The highest BCUT2D eigenvalue weighted by atomic mass is 16.5. The second-order valence-electron chi connectivity index (χ2n) is 5.19. The number of carbonyl (C=O) groups is 1. The van der Waals surface area contributed by atoms with Gasteiger partial charge in [-0.3, -0.25) is 0 Å². The van der Waals surface area contributed by atoms with Gasteiger partial charge in [0.2, 0.25) is 0 Å². The second kappa shape index (κ2) is 8.84. The number of nitrogen functional groups attached to an aromatic ring is 1. The summed E-state index contributed by atoms with van der Waals surface area (Å²) >= 11 is 0. The molecule has 8 nitrogen and oxygen atoms in total. The lowest BCUT2D eigenvalue weighted by Crippen LogP contribution is -2.28. The number of nitrogens with zero attached hydrogens (tertiary/aromatic N) is 3. The van der Waals surface area contributed by atoms with Gasteiger partial charge in [0.15, 0.2) is 11.6 Å². The van der Waals surface area contributed by atoms with Gasteiger partial charge in [0, 0.05) is 18.8 Å². The fourth-order valence-electron chi connectivity index (χ4n) is 2.35. The number of benzene rings is 1. The number of aliphatic hydroxyl groups excluding tert-OH is 1. The Balaban J connectivity index is 2.26. The highest BCUT2D eigenvalue weighted by Crippen LogP contribution is 2.28. The molecule has 0 saturated heterocycles. The molecular formula is C17H23N5O3. The number of hydrogen-bond donors (Lipinski definition) is 3. The van der Waals surface area contributed by atoms with Crippen LogP contribution in [0.5, 0.6) is 0 Å². The normalized spacial score (nSPS) is 10.4. The standard InChI is InChI=1S/C17H23N5O3/c1-3-22(8-9-23)16-14(18)15(19-11-20-16)21-13-7-5-6-12(10-13)17(24)25-4-2/h5-7,10-11,23H,3-4,8-9,18H2,1-2H3,(H,19,20,21). The van der Waals surface area contributed by atoms with Gasteiger partial charge >= 0.3 is 5.97 Å². The summed E-state index contributed by atoms with van der Waals surface area (Å²) < 4.78 is 5.00. The molecule has 2 rings (SSSR count). The van der Waals surface area contributed by atoms with Gasteiger partial charge in [-0.15, -0.1) is 0 Å². The SMILES string of the molecule is CCOC(=O)c1cccc(Nc2ncnc(N(CC)CCO)c2N)c1. The van der Waals surface area contributed by atoms with Crippen molar-refractivity contribution in [3.63, 3.8) is 0 Å². The summed E-state index contributed by atoms with van der Waals surface area (Å²) in [6.45, 7) is 5.11. The van der Waals surface area contributed by atoms with E-state index in [9.17, 15) is 4.79 Å². The van der Waals surface area contributed by atoms with Crippen molar-refractivity contribution in [1.82, 2.24) is 9.97 Å². The molecule has 0 spiro atoms. The Morgan fingerprint density at radius 3 is 2.84 bits per heavy atom. The van der Waals surface area contributed by atoms with Crippen LogP contribution in [-0.2, 0) is 4.74 Å². The fraction of sp³-hybridized carbons (Fsp3) is 0.353. The minimum atomic E-state index is -0.386. The summed E-state index contributed by atoms with van der Waals surface area (Å²) in [4.78, 5) is 22.1. The van der Waals surface area contributed by atoms with Crippen LogP contribution in [0.4, 0.5) is 23.0 Å². The Labute approximate surface area is 146 Å². The van der Waals surface area contributed by atoms with Gasteiger partial charge in [0.25, 0.3) is 0 Å². The Bertz CT molecular complexity index is 723. The van der Waals surface area contributed by atoms with Crippen molar-refractivity contribution in [1.29, 1.82) is 0 Å². The first-order valence-corrected chi connectivity index (χ1v) is 8.11. The van der Waals surface area contributed by atoms with Crippen LogP contribution in [0.25, 0.3) is 0 Å². The second-order valence-corrected chi connectivity index (χ2v) is 5.19. The number of rotatable bonds is 8. The quantitative estimate of drug-likeness (QED) is 0.621. The number of nitrogens with one attached hydrogen (secondary N) is 1. The Morgan fingerprint density at radius 1 is 1.36 bits per heavy atom. The lowest BCUT2D eigenvalue weighted by atomic mass is 10.2. The maximum Gasteiger partial charge on any atom is 0.338 e. The third-order valence-corrected chi connectivity index (χ3v) is 3.55. The first-order valence-electron chi connectivity index (χ1n) is 8.11. The zero-order valence-electron chi connectivity index (χ0n) is 14.4. The van der Waals surface area contributed by atoms with Crippen molar-refractivity contribution in [2.24, 2.45) is 0 Å². The number of aromatic nitrogens is 2. The van der Waals surface area contributed by atoms with Crippen LogP contribution >= 0.6 is 0 Å². The van der Waals surface area contributed by atoms with E-state index in [1.54, 1.807) is 31.2 Å². The van der Waals surface area contributed by atoms with Gasteiger partial charge in [-0.1, -0.05) is 6.07 Å². The predicted molar refractivity (Wildman–Crippen MR) is 97.1 cm³/mol. The molecule has 0 amide bonds. The molecule has 1 aromatic heterocycles. The third-order valence-electron chi connectivity index (χ3n) is 3.55. The first kappa shape index (κ1) is 18.5. The van der Waals surface area contributed by atoms with Gasteiger partial charge in [0.1, 0.15) is 12.0 Å². The molecule has 2 aromatic rings. The van der Waals surface area contributed by atoms with Crippen molar-refractivity contribution in [2.45, 2.75) is 13.8 Å². The Hall–Kier alpha value is -2.87. The van der Waals surface area contributed by atoms with Crippen molar-refractivity contribution >= 4 is 29.0 Å². The highest BCUT2D eigenvalue weighted by Gasteiger charge is 2.14. The largest absolute Gasteiger partial charge is 0.462 e. The average molecular weight is 345 g/mol. The maximum atomic E-state index is 11.8. The number of likely N-dealkylation sites (N-methyl/N-ethyl adjacent to an activating group) is 1. The molecule has 0 saturated carbocycles. The summed E-state index contributed by atoms with van der Waals surface area (Å²) in [5.41, 5.74) is 7.65. The van der Waals surface area contributed by atoms with E-state index < -0.39 is 0 Å². The third kappa shape index (κ3) is 4.57. The van der Waals surface area contributed by atoms with Crippen LogP contribution in [0.1, 0.15) is 24.2 Å². The number of nitrogens with two attached hydrogens (primary N) is 1. The van der Waals surface area contributed by atoms with Gasteiger partial charge in [-0.2, -0.15) is 0 Å². The lowest BCUT2D eigenvalue weighted by molar-refractivity contribution is 0.0526. The Kier molecular flexibility index (Phi) is 6.53.